The fraction of sp³-hybridized carbons (Fsp3) is 0.900. The van der Waals surface area contributed by atoms with Crippen LogP contribution in [0.4, 0.5) is 0 Å². The topological polar surface area (TPSA) is 61.4 Å². The summed E-state index contributed by atoms with van der Waals surface area (Å²) in [6, 6.07) is -0.0160. The molecule has 1 rings (SSSR count). The Bertz CT molecular complexity index is 177. The third kappa shape index (κ3) is 4.07. The minimum atomic E-state index is -0.338. The summed E-state index contributed by atoms with van der Waals surface area (Å²) in [7, 11) is 0. The maximum absolute atomic E-state index is 11.5. The van der Waals surface area contributed by atoms with Crippen molar-refractivity contribution in [2.45, 2.75) is 44.8 Å². The first-order valence-corrected chi connectivity index (χ1v) is 5.39. The predicted molar refractivity (Wildman–Crippen MR) is 54.9 cm³/mol. The van der Waals surface area contributed by atoms with Crippen LogP contribution < -0.4 is 10.6 Å². The van der Waals surface area contributed by atoms with Gasteiger partial charge in [0.05, 0.1) is 12.1 Å². The number of aliphatic hydroxyl groups is 1. The highest BCUT2D eigenvalue weighted by Gasteiger charge is 2.19. The van der Waals surface area contributed by atoms with E-state index in [0.717, 1.165) is 25.8 Å². The predicted octanol–water partition coefficient (Wildman–Crippen LogP) is 0.0156. The summed E-state index contributed by atoms with van der Waals surface area (Å²) < 4.78 is 0. The zero-order valence-electron chi connectivity index (χ0n) is 8.75. The van der Waals surface area contributed by atoms with Gasteiger partial charge in [-0.05, 0) is 32.7 Å². The van der Waals surface area contributed by atoms with Gasteiger partial charge in [-0.25, -0.2) is 0 Å². The van der Waals surface area contributed by atoms with Gasteiger partial charge in [-0.3, -0.25) is 4.79 Å². The number of nitrogens with one attached hydrogen (secondary N) is 2. The van der Waals surface area contributed by atoms with E-state index in [2.05, 4.69) is 10.6 Å². The van der Waals surface area contributed by atoms with Crippen molar-refractivity contribution in [1.82, 2.24) is 10.6 Å². The molecule has 1 fully saturated rings. The molecule has 0 aromatic heterocycles. The molecule has 2 atom stereocenters. The van der Waals surface area contributed by atoms with Crippen LogP contribution in [0.5, 0.6) is 0 Å². The number of hydrogen-bond donors (Lipinski definition) is 3. The largest absolute Gasteiger partial charge is 0.393 e. The molecule has 3 N–H and O–H groups in total. The van der Waals surface area contributed by atoms with Crippen molar-refractivity contribution in [1.29, 1.82) is 0 Å². The van der Waals surface area contributed by atoms with E-state index in [9.17, 15) is 4.79 Å². The van der Waals surface area contributed by atoms with Crippen LogP contribution in [0.3, 0.4) is 0 Å². The molecule has 82 valence electrons. The second kappa shape index (κ2) is 5.98. The number of carbonyl (C=O) groups excluding carboxylic acids is 1. The quantitative estimate of drug-likeness (QED) is 0.599. The lowest BCUT2D eigenvalue weighted by Crippen LogP contribution is -2.47. The van der Waals surface area contributed by atoms with Crippen molar-refractivity contribution in [3.63, 3.8) is 0 Å². The van der Waals surface area contributed by atoms with Crippen molar-refractivity contribution >= 4 is 5.91 Å². The maximum atomic E-state index is 11.5. The third-order valence-corrected chi connectivity index (χ3v) is 2.49. The number of piperidine rings is 1. The van der Waals surface area contributed by atoms with E-state index in [1.165, 1.54) is 0 Å². The standard InChI is InChI=1S/C10H20N2O2/c1-8(13)5-7-12-10(14)9-4-2-3-6-11-9/h8-9,11,13H,2-7H2,1H3,(H,12,14)/t8-,9+/m0/s1. The minimum absolute atomic E-state index is 0.0160. The second-order valence-electron chi connectivity index (χ2n) is 3.93. The fourth-order valence-electron chi connectivity index (χ4n) is 1.60. The molecule has 1 aliphatic rings. The van der Waals surface area contributed by atoms with Gasteiger partial charge in [-0.15, -0.1) is 0 Å². The first kappa shape index (κ1) is 11.5. The van der Waals surface area contributed by atoms with Crippen LogP contribution in [0.1, 0.15) is 32.6 Å². The Balaban J connectivity index is 2.13. The smallest absolute Gasteiger partial charge is 0.237 e. The number of amides is 1. The van der Waals surface area contributed by atoms with Crippen molar-refractivity contribution in [3.8, 4) is 0 Å². The molecule has 1 heterocycles. The average Bonchev–Trinajstić information content (AvgIpc) is 2.18. The van der Waals surface area contributed by atoms with Crippen LogP contribution in [-0.4, -0.2) is 36.2 Å². The summed E-state index contributed by atoms with van der Waals surface area (Å²) >= 11 is 0. The monoisotopic (exact) mass is 200 g/mol. The summed E-state index contributed by atoms with van der Waals surface area (Å²) in [6.45, 7) is 3.23. The van der Waals surface area contributed by atoms with E-state index >= 15 is 0 Å². The van der Waals surface area contributed by atoms with Crippen molar-refractivity contribution < 1.29 is 9.90 Å². The van der Waals surface area contributed by atoms with Crippen LogP contribution in [0, 0.1) is 0 Å². The lowest BCUT2D eigenvalue weighted by molar-refractivity contribution is -0.123. The number of carbonyl (C=O) groups is 1. The molecule has 0 aromatic carbocycles. The van der Waals surface area contributed by atoms with Gasteiger partial charge >= 0.3 is 0 Å². The molecule has 0 aliphatic carbocycles. The van der Waals surface area contributed by atoms with Crippen LogP contribution in [0.2, 0.25) is 0 Å². The van der Waals surface area contributed by atoms with E-state index in [0.29, 0.717) is 13.0 Å². The van der Waals surface area contributed by atoms with E-state index < -0.39 is 0 Å². The third-order valence-electron chi connectivity index (χ3n) is 2.49. The van der Waals surface area contributed by atoms with Crippen LogP contribution in [0.25, 0.3) is 0 Å². The van der Waals surface area contributed by atoms with Crippen molar-refractivity contribution in [2.24, 2.45) is 0 Å². The molecular weight excluding hydrogens is 180 g/mol. The SMILES string of the molecule is C[C@H](O)CCNC(=O)[C@H]1CCCCN1. The summed E-state index contributed by atoms with van der Waals surface area (Å²) in [5.74, 6) is 0.0744. The summed E-state index contributed by atoms with van der Waals surface area (Å²) in [5, 5.41) is 15.0. The van der Waals surface area contributed by atoms with Gasteiger partial charge in [-0.1, -0.05) is 6.42 Å². The first-order valence-electron chi connectivity index (χ1n) is 5.39. The van der Waals surface area contributed by atoms with Crippen molar-refractivity contribution in [2.75, 3.05) is 13.1 Å². The van der Waals surface area contributed by atoms with E-state index in [4.69, 9.17) is 5.11 Å². The molecule has 4 nitrogen and oxygen atoms in total. The molecule has 0 unspecified atom stereocenters. The zero-order valence-corrected chi connectivity index (χ0v) is 8.75. The van der Waals surface area contributed by atoms with Gasteiger partial charge in [0.15, 0.2) is 0 Å². The van der Waals surface area contributed by atoms with Crippen molar-refractivity contribution in [3.05, 3.63) is 0 Å². The Kier molecular flexibility index (Phi) is 4.90. The number of aliphatic hydroxyl groups excluding tert-OH is 1. The lowest BCUT2D eigenvalue weighted by Gasteiger charge is -2.22. The van der Waals surface area contributed by atoms with Gasteiger partial charge in [0.25, 0.3) is 0 Å². The number of hydrogen-bond acceptors (Lipinski definition) is 3. The highest BCUT2D eigenvalue weighted by atomic mass is 16.3. The molecule has 0 radical (unpaired) electrons. The Labute approximate surface area is 85.1 Å². The number of rotatable bonds is 4. The Hall–Kier alpha value is -0.610. The molecule has 1 amide bonds. The minimum Gasteiger partial charge on any atom is -0.393 e. The van der Waals surface area contributed by atoms with Gasteiger partial charge in [0, 0.05) is 6.54 Å². The maximum Gasteiger partial charge on any atom is 0.237 e. The molecule has 0 spiro atoms. The fourth-order valence-corrected chi connectivity index (χ4v) is 1.60. The van der Waals surface area contributed by atoms with E-state index in [-0.39, 0.29) is 18.1 Å². The van der Waals surface area contributed by atoms with Gasteiger partial charge < -0.3 is 15.7 Å². The summed E-state index contributed by atoms with van der Waals surface area (Å²) in [5.41, 5.74) is 0. The molecule has 0 bridgehead atoms. The summed E-state index contributed by atoms with van der Waals surface area (Å²) in [6.07, 6.45) is 3.51. The normalized spacial score (nSPS) is 24.3. The highest BCUT2D eigenvalue weighted by Crippen LogP contribution is 2.06. The van der Waals surface area contributed by atoms with Crippen LogP contribution in [-0.2, 0) is 4.79 Å². The van der Waals surface area contributed by atoms with E-state index in [1.54, 1.807) is 6.92 Å². The second-order valence-corrected chi connectivity index (χ2v) is 3.93. The zero-order chi connectivity index (χ0) is 10.4. The molecular formula is C10H20N2O2. The average molecular weight is 200 g/mol. The Morgan fingerprint density at radius 1 is 1.64 bits per heavy atom. The molecule has 4 heteroatoms. The molecule has 0 aromatic rings. The Morgan fingerprint density at radius 3 is 3.00 bits per heavy atom. The molecule has 14 heavy (non-hydrogen) atoms. The highest BCUT2D eigenvalue weighted by molar-refractivity contribution is 5.81. The van der Waals surface area contributed by atoms with Crippen LogP contribution in [0.15, 0.2) is 0 Å². The molecule has 1 saturated heterocycles. The van der Waals surface area contributed by atoms with Crippen LogP contribution >= 0.6 is 0 Å². The van der Waals surface area contributed by atoms with Gasteiger partial charge in [0.1, 0.15) is 0 Å². The van der Waals surface area contributed by atoms with Gasteiger partial charge in [-0.2, -0.15) is 0 Å². The summed E-state index contributed by atoms with van der Waals surface area (Å²) in [4.78, 5) is 11.5. The van der Waals surface area contributed by atoms with E-state index in [1.807, 2.05) is 0 Å². The molecule has 1 aliphatic heterocycles. The lowest BCUT2D eigenvalue weighted by atomic mass is 10.0. The Morgan fingerprint density at radius 2 is 2.43 bits per heavy atom. The van der Waals surface area contributed by atoms with Gasteiger partial charge in [0.2, 0.25) is 5.91 Å². The first-order chi connectivity index (χ1) is 6.70. The molecule has 0 saturated carbocycles.